The number of carboxylic acids is 1. The Morgan fingerprint density at radius 3 is 2.83 bits per heavy atom. The highest BCUT2D eigenvalue weighted by atomic mass is 19.1. The molecule has 0 amide bonds. The summed E-state index contributed by atoms with van der Waals surface area (Å²) < 4.78 is 20.5. The number of halogens is 1. The predicted molar refractivity (Wildman–Crippen MR) is 83.4 cm³/mol. The monoisotopic (exact) mass is 315 g/mol. The first-order valence-electron chi connectivity index (χ1n) is 7.42. The first-order chi connectivity index (χ1) is 11.0. The van der Waals surface area contributed by atoms with Crippen LogP contribution in [0.15, 0.2) is 48.3 Å². The molecular weight excluding hydrogens is 297 g/mol. The Hall–Kier alpha value is -2.45. The second-order valence-electron chi connectivity index (χ2n) is 5.42. The van der Waals surface area contributed by atoms with Gasteiger partial charge in [0.1, 0.15) is 5.83 Å². The highest BCUT2D eigenvalue weighted by Gasteiger charge is 2.40. The third kappa shape index (κ3) is 3.33. The lowest BCUT2D eigenvalue weighted by Gasteiger charge is -2.33. The fraction of sp³-hybridized carbons (Fsp3) is 0.333. The molecule has 120 valence electrons. The smallest absolute Gasteiger partial charge is 0.314 e. The van der Waals surface area contributed by atoms with Gasteiger partial charge in [-0.1, -0.05) is 37.3 Å². The molecule has 5 heteroatoms. The Morgan fingerprint density at radius 2 is 2.22 bits per heavy atom. The molecule has 0 radical (unpaired) electrons. The zero-order valence-corrected chi connectivity index (χ0v) is 12.8. The summed E-state index contributed by atoms with van der Waals surface area (Å²) in [5.41, 5.74) is -0.435. The van der Waals surface area contributed by atoms with Gasteiger partial charge in [0.05, 0.1) is 29.6 Å². The number of hydrogen-bond donors (Lipinski definition) is 1. The minimum absolute atomic E-state index is 0.0186. The third-order valence-corrected chi connectivity index (χ3v) is 3.83. The number of carbonyl (C=O) groups is 1. The number of hydrogen-bond acceptors (Lipinski definition) is 3. The Morgan fingerprint density at radius 1 is 1.48 bits per heavy atom. The molecule has 2 rings (SSSR count). The van der Waals surface area contributed by atoms with Gasteiger partial charge in [0, 0.05) is 6.61 Å². The standard InChI is InChI=1S/C18H18FNO3/c1-2-9-23-12-18(15-6-4-3-5-14(15)11-20)8-7-13(17(21)22)10-16(18)19/h3-8,10,13H,2,9,12H2,1H3,(H,21,22). The van der Waals surface area contributed by atoms with E-state index in [2.05, 4.69) is 6.07 Å². The number of rotatable bonds is 6. The Kier molecular flexibility index (Phi) is 5.30. The fourth-order valence-corrected chi connectivity index (χ4v) is 2.62. The molecule has 23 heavy (non-hydrogen) atoms. The number of nitrogens with zero attached hydrogens (tertiary/aromatic N) is 1. The molecule has 1 aromatic carbocycles. The third-order valence-electron chi connectivity index (χ3n) is 3.83. The Balaban J connectivity index is 2.51. The van der Waals surface area contributed by atoms with Crippen LogP contribution in [0.4, 0.5) is 4.39 Å². The minimum atomic E-state index is -1.26. The summed E-state index contributed by atoms with van der Waals surface area (Å²) in [7, 11) is 0. The van der Waals surface area contributed by atoms with Gasteiger partial charge in [-0.2, -0.15) is 5.26 Å². The summed E-state index contributed by atoms with van der Waals surface area (Å²) in [6.07, 6.45) is 4.80. The van der Waals surface area contributed by atoms with Crippen molar-refractivity contribution < 1.29 is 19.0 Å². The molecular formula is C18H18FNO3. The lowest BCUT2D eigenvalue weighted by Crippen LogP contribution is -2.35. The van der Waals surface area contributed by atoms with Crippen LogP contribution in [0.25, 0.3) is 0 Å². The van der Waals surface area contributed by atoms with E-state index in [1.165, 1.54) is 12.2 Å². The van der Waals surface area contributed by atoms with Crippen LogP contribution in [-0.4, -0.2) is 24.3 Å². The molecule has 1 aliphatic rings. The summed E-state index contributed by atoms with van der Waals surface area (Å²) in [5, 5.41) is 18.4. The van der Waals surface area contributed by atoms with Gasteiger partial charge in [0.25, 0.3) is 0 Å². The van der Waals surface area contributed by atoms with Gasteiger partial charge in [-0.3, -0.25) is 4.79 Å². The average Bonchev–Trinajstić information content (AvgIpc) is 2.56. The molecule has 0 saturated carbocycles. The van der Waals surface area contributed by atoms with Gasteiger partial charge in [-0.25, -0.2) is 4.39 Å². The van der Waals surface area contributed by atoms with Crippen molar-refractivity contribution in [2.24, 2.45) is 5.92 Å². The number of nitriles is 1. The molecule has 0 spiro atoms. The van der Waals surface area contributed by atoms with Gasteiger partial charge in [-0.15, -0.1) is 0 Å². The van der Waals surface area contributed by atoms with Crippen molar-refractivity contribution in [3.63, 3.8) is 0 Å². The zero-order valence-electron chi connectivity index (χ0n) is 12.8. The minimum Gasteiger partial charge on any atom is -0.481 e. The van der Waals surface area contributed by atoms with Crippen molar-refractivity contribution in [1.29, 1.82) is 5.26 Å². The molecule has 0 fully saturated rings. The van der Waals surface area contributed by atoms with Crippen molar-refractivity contribution in [1.82, 2.24) is 0 Å². The first kappa shape index (κ1) is 16.9. The quantitative estimate of drug-likeness (QED) is 0.645. The van der Waals surface area contributed by atoms with E-state index in [4.69, 9.17) is 9.84 Å². The predicted octanol–water partition coefficient (Wildman–Crippen LogP) is 3.35. The van der Waals surface area contributed by atoms with E-state index < -0.39 is 23.1 Å². The van der Waals surface area contributed by atoms with E-state index in [1.807, 2.05) is 6.92 Å². The van der Waals surface area contributed by atoms with Crippen LogP contribution in [-0.2, 0) is 14.9 Å². The van der Waals surface area contributed by atoms with E-state index in [0.717, 1.165) is 12.5 Å². The first-order valence-corrected chi connectivity index (χ1v) is 7.42. The van der Waals surface area contributed by atoms with Crippen molar-refractivity contribution in [2.75, 3.05) is 13.2 Å². The van der Waals surface area contributed by atoms with Gasteiger partial charge >= 0.3 is 5.97 Å². The number of ether oxygens (including phenoxy) is 1. The molecule has 0 heterocycles. The Labute approximate surface area is 134 Å². The maximum Gasteiger partial charge on any atom is 0.314 e. The van der Waals surface area contributed by atoms with Crippen LogP contribution < -0.4 is 0 Å². The molecule has 2 atom stereocenters. The van der Waals surface area contributed by atoms with Crippen LogP contribution >= 0.6 is 0 Å². The Bertz CT molecular complexity index is 690. The van der Waals surface area contributed by atoms with Crippen LogP contribution in [0.5, 0.6) is 0 Å². The molecule has 0 aliphatic heterocycles. The summed E-state index contributed by atoms with van der Waals surface area (Å²) in [5.74, 6) is -2.73. The summed E-state index contributed by atoms with van der Waals surface area (Å²) >= 11 is 0. The van der Waals surface area contributed by atoms with Crippen LogP contribution in [0, 0.1) is 17.2 Å². The molecule has 4 nitrogen and oxygen atoms in total. The van der Waals surface area contributed by atoms with E-state index in [9.17, 15) is 14.4 Å². The number of carboxylic acid groups (broad SMARTS) is 1. The molecule has 0 saturated heterocycles. The van der Waals surface area contributed by atoms with Crippen molar-refractivity contribution in [3.8, 4) is 6.07 Å². The highest BCUT2D eigenvalue weighted by molar-refractivity contribution is 5.75. The van der Waals surface area contributed by atoms with Crippen molar-refractivity contribution in [2.45, 2.75) is 18.8 Å². The second-order valence-corrected chi connectivity index (χ2v) is 5.42. The van der Waals surface area contributed by atoms with E-state index in [-0.39, 0.29) is 6.61 Å². The molecule has 2 unspecified atom stereocenters. The molecule has 1 aliphatic carbocycles. The normalized spacial score (nSPS) is 23.2. The lowest BCUT2D eigenvalue weighted by atomic mass is 9.73. The van der Waals surface area contributed by atoms with E-state index in [1.54, 1.807) is 24.3 Å². The largest absolute Gasteiger partial charge is 0.481 e. The molecule has 1 N–H and O–H groups in total. The van der Waals surface area contributed by atoms with Crippen molar-refractivity contribution in [3.05, 3.63) is 59.4 Å². The second kappa shape index (κ2) is 7.21. The van der Waals surface area contributed by atoms with Crippen LogP contribution in [0.1, 0.15) is 24.5 Å². The highest BCUT2D eigenvalue weighted by Crippen LogP contribution is 2.40. The van der Waals surface area contributed by atoms with Gasteiger partial charge in [-0.05, 0) is 24.1 Å². The van der Waals surface area contributed by atoms with Gasteiger partial charge in [0.15, 0.2) is 0 Å². The molecule has 1 aromatic rings. The van der Waals surface area contributed by atoms with Crippen LogP contribution in [0.2, 0.25) is 0 Å². The van der Waals surface area contributed by atoms with E-state index in [0.29, 0.717) is 17.7 Å². The molecule has 0 aromatic heterocycles. The van der Waals surface area contributed by atoms with E-state index >= 15 is 0 Å². The van der Waals surface area contributed by atoms with Crippen molar-refractivity contribution >= 4 is 5.97 Å². The number of aliphatic carboxylic acids is 1. The zero-order chi connectivity index (χ0) is 16.9. The molecule has 0 bridgehead atoms. The number of benzene rings is 1. The topological polar surface area (TPSA) is 70.3 Å². The maximum absolute atomic E-state index is 14.9. The fourth-order valence-electron chi connectivity index (χ4n) is 2.62. The van der Waals surface area contributed by atoms with Gasteiger partial charge < -0.3 is 9.84 Å². The van der Waals surface area contributed by atoms with Crippen LogP contribution in [0.3, 0.4) is 0 Å². The summed E-state index contributed by atoms with van der Waals surface area (Å²) in [4.78, 5) is 11.1. The van der Waals surface area contributed by atoms with Gasteiger partial charge in [0.2, 0.25) is 0 Å². The maximum atomic E-state index is 14.9. The summed E-state index contributed by atoms with van der Waals surface area (Å²) in [6.45, 7) is 2.42. The summed E-state index contributed by atoms with van der Waals surface area (Å²) in [6, 6.07) is 8.78. The average molecular weight is 315 g/mol. The lowest BCUT2D eigenvalue weighted by molar-refractivity contribution is -0.138. The SMILES string of the molecule is CCCOCC1(c2ccccc2C#N)C=CC(C(=O)O)C=C1F.